The van der Waals surface area contributed by atoms with E-state index in [1.165, 1.54) is 12.8 Å². The van der Waals surface area contributed by atoms with Crippen LogP contribution in [0.5, 0.6) is 17.4 Å². The quantitative estimate of drug-likeness (QED) is 0.666. The number of benzene rings is 2. The second kappa shape index (κ2) is 8.73. The van der Waals surface area contributed by atoms with E-state index in [2.05, 4.69) is 15.5 Å². The third-order valence-electron chi connectivity index (χ3n) is 5.03. The summed E-state index contributed by atoms with van der Waals surface area (Å²) >= 11 is 0. The Balaban J connectivity index is 1.44. The summed E-state index contributed by atoms with van der Waals surface area (Å²) in [6.07, 6.45) is 4.50. The third kappa shape index (κ3) is 4.71. The smallest absolute Gasteiger partial charge is 0.251 e. The van der Waals surface area contributed by atoms with Crippen molar-refractivity contribution >= 4 is 5.91 Å². The van der Waals surface area contributed by atoms with Gasteiger partial charge < -0.3 is 14.8 Å². The molecule has 0 unspecified atom stereocenters. The molecule has 1 amide bonds. The Morgan fingerprint density at radius 1 is 0.966 bits per heavy atom. The molecule has 2 aromatic carbocycles. The monoisotopic (exact) mass is 389 g/mol. The van der Waals surface area contributed by atoms with Gasteiger partial charge in [-0.15, -0.1) is 10.2 Å². The van der Waals surface area contributed by atoms with Crippen molar-refractivity contribution in [3.8, 4) is 28.6 Å². The van der Waals surface area contributed by atoms with Crippen molar-refractivity contribution in [2.45, 2.75) is 31.7 Å². The van der Waals surface area contributed by atoms with Gasteiger partial charge >= 0.3 is 0 Å². The summed E-state index contributed by atoms with van der Waals surface area (Å²) in [4.78, 5) is 12.5. The molecule has 148 valence electrons. The first-order valence-electron chi connectivity index (χ1n) is 9.78. The molecule has 1 aromatic heterocycles. The number of nitrogens with zero attached hydrogens (tertiary/aromatic N) is 2. The summed E-state index contributed by atoms with van der Waals surface area (Å²) in [6.45, 7) is 0. The molecule has 0 atom stereocenters. The topological polar surface area (TPSA) is 73.3 Å². The highest BCUT2D eigenvalue weighted by Crippen LogP contribution is 2.24. The second-order valence-electron chi connectivity index (χ2n) is 7.07. The number of hydrogen-bond donors (Lipinski definition) is 1. The molecule has 0 aliphatic heterocycles. The molecule has 0 radical (unpaired) electrons. The maximum Gasteiger partial charge on any atom is 0.251 e. The van der Waals surface area contributed by atoms with Gasteiger partial charge in [-0.25, -0.2) is 0 Å². The van der Waals surface area contributed by atoms with Gasteiger partial charge in [0.2, 0.25) is 5.88 Å². The SMILES string of the molecule is COc1ccc(Oc2ccc(-c3cccc(C(=O)NC4CCCC4)c3)nn2)cc1. The van der Waals surface area contributed by atoms with E-state index in [4.69, 9.17) is 9.47 Å². The fraction of sp³-hybridized carbons (Fsp3) is 0.261. The van der Waals surface area contributed by atoms with Crippen LogP contribution in [0.4, 0.5) is 0 Å². The Morgan fingerprint density at radius 2 is 1.72 bits per heavy atom. The zero-order valence-electron chi connectivity index (χ0n) is 16.3. The minimum Gasteiger partial charge on any atom is -0.497 e. The Bertz CT molecular complexity index is 965. The molecule has 29 heavy (non-hydrogen) atoms. The van der Waals surface area contributed by atoms with Gasteiger partial charge in [-0.1, -0.05) is 25.0 Å². The maximum atomic E-state index is 12.5. The summed E-state index contributed by atoms with van der Waals surface area (Å²) in [5.41, 5.74) is 2.16. The van der Waals surface area contributed by atoms with Gasteiger partial charge in [0.15, 0.2) is 0 Å². The molecule has 6 nitrogen and oxygen atoms in total. The Labute approximate surface area is 169 Å². The van der Waals surface area contributed by atoms with Crippen LogP contribution in [0.15, 0.2) is 60.7 Å². The van der Waals surface area contributed by atoms with Crippen molar-refractivity contribution in [2.75, 3.05) is 7.11 Å². The zero-order chi connectivity index (χ0) is 20.1. The van der Waals surface area contributed by atoms with Crippen LogP contribution in [0, 0.1) is 0 Å². The minimum absolute atomic E-state index is 0.0360. The van der Waals surface area contributed by atoms with Gasteiger partial charge in [0.25, 0.3) is 5.91 Å². The van der Waals surface area contributed by atoms with E-state index < -0.39 is 0 Å². The van der Waals surface area contributed by atoms with Crippen LogP contribution in [-0.4, -0.2) is 29.3 Å². The van der Waals surface area contributed by atoms with E-state index in [-0.39, 0.29) is 5.91 Å². The lowest BCUT2D eigenvalue weighted by molar-refractivity contribution is 0.0938. The minimum atomic E-state index is -0.0360. The lowest BCUT2D eigenvalue weighted by Gasteiger charge is -2.12. The van der Waals surface area contributed by atoms with Crippen molar-refractivity contribution in [3.63, 3.8) is 0 Å². The molecule has 6 heteroatoms. The molecule has 1 aliphatic rings. The summed E-state index contributed by atoms with van der Waals surface area (Å²) in [7, 11) is 1.62. The van der Waals surface area contributed by atoms with Crippen molar-refractivity contribution < 1.29 is 14.3 Å². The number of nitrogens with one attached hydrogen (secondary N) is 1. The van der Waals surface area contributed by atoms with E-state index in [1.54, 1.807) is 25.3 Å². The van der Waals surface area contributed by atoms with Crippen LogP contribution in [0.2, 0.25) is 0 Å². The van der Waals surface area contributed by atoms with Crippen molar-refractivity contribution in [3.05, 3.63) is 66.2 Å². The predicted molar refractivity (Wildman–Crippen MR) is 110 cm³/mol. The van der Waals surface area contributed by atoms with Gasteiger partial charge in [-0.3, -0.25) is 4.79 Å². The highest BCUT2D eigenvalue weighted by atomic mass is 16.5. The average molecular weight is 389 g/mol. The number of carbonyl (C=O) groups is 1. The largest absolute Gasteiger partial charge is 0.497 e. The molecule has 1 aliphatic carbocycles. The third-order valence-corrected chi connectivity index (χ3v) is 5.03. The summed E-state index contributed by atoms with van der Waals surface area (Å²) in [6, 6.07) is 18.6. The van der Waals surface area contributed by atoms with E-state index in [0.717, 1.165) is 24.2 Å². The molecule has 3 aromatic rings. The van der Waals surface area contributed by atoms with Gasteiger partial charge in [-0.05, 0) is 55.3 Å². The molecular weight excluding hydrogens is 366 g/mol. The van der Waals surface area contributed by atoms with Crippen LogP contribution < -0.4 is 14.8 Å². The highest BCUT2D eigenvalue weighted by molar-refractivity contribution is 5.95. The summed E-state index contributed by atoms with van der Waals surface area (Å²) in [5.74, 6) is 1.77. The molecule has 0 spiro atoms. The number of methoxy groups -OCH3 is 1. The Hall–Kier alpha value is -3.41. The lowest BCUT2D eigenvalue weighted by Crippen LogP contribution is -2.32. The maximum absolute atomic E-state index is 12.5. The van der Waals surface area contributed by atoms with Crippen molar-refractivity contribution in [1.29, 1.82) is 0 Å². The fourth-order valence-electron chi connectivity index (χ4n) is 3.45. The first kappa shape index (κ1) is 18.9. The molecule has 4 rings (SSSR count). The summed E-state index contributed by atoms with van der Waals surface area (Å²) < 4.78 is 10.8. The predicted octanol–water partition coefficient (Wildman–Crippen LogP) is 4.62. The van der Waals surface area contributed by atoms with E-state index in [0.29, 0.717) is 28.9 Å². The van der Waals surface area contributed by atoms with Gasteiger partial charge in [0, 0.05) is 23.2 Å². The van der Waals surface area contributed by atoms with E-state index >= 15 is 0 Å². The van der Waals surface area contributed by atoms with Crippen LogP contribution in [0.3, 0.4) is 0 Å². The Kier molecular flexibility index (Phi) is 5.70. The fourth-order valence-corrected chi connectivity index (χ4v) is 3.45. The zero-order valence-corrected chi connectivity index (χ0v) is 16.3. The van der Waals surface area contributed by atoms with Crippen LogP contribution in [0.25, 0.3) is 11.3 Å². The van der Waals surface area contributed by atoms with Gasteiger partial charge in [-0.2, -0.15) is 0 Å². The van der Waals surface area contributed by atoms with Crippen molar-refractivity contribution in [1.82, 2.24) is 15.5 Å². The number of amides is 1. The molecule has 0 saturated heterocycles. The van der Waals surface area contributed by atoms with Crippen molar-refractivity contribution in [2.24, 2.45) is 0 Å². The molecular formula is C23H23N3O3. The van der Waals surface area contributed by atoms with Gasteiger partial charge in [0.1, 0.15) is 11.5 Å². The molecule has 1 fully saturated rings. The number of ether oxygens (including phenoxy) is 2. The number of carbonyl (C=O) groups excluding carboxylic acids is 1. The number of aromatic nitrogens is 2. The second-order valence-corrected chi connectivity index (χ2v) is 7.07. The molecule has 1 heterocycles. The molecule has 0 bridgehead atoms. The normalized spacial score (nSPS) is 13.8. The Morgan fingerprint density at radius 3 is 2.41 bits per heavy atom. The standard InChI is InChI=1S/C23H23N3O3/c1-28-19-9-11-20(12-10-19)29-22-14-13-21(25-26-22)16-5-4-6-17(15-16)23(27)24-18-7-2-3-8-18/h4-6,9-15,18H,2-3,7-8H2,1H3,(H,24,27). The van der Waals surface area contributed by atoms with Crippen LogP contribution in [0.1, 0.15) is 36.0 Å². The first-order valence-corrected chi connectivity index (χ1v) is 9.78. The lowest BCUT2D eigenvalue weighted by atomic mass is 10.1. The van der Waals surface area contributed by atoms with E-state index in [9.17, 15) is 4.79 Å². The van der Waals surface area contributed by atoms with Crippen LogP contribution in [-0.2, 0) is 0 Å². The first-order chi connectivity index (χ1) is 14.2. The van der Waals surface area contributed by atoms with Crippen LogP contribution >= 0.6 is 0 Å². The van der Waals surface area contributed by atoms with E-state index in [1.807, 2.05) is 42.5 Å². The number of rotatable bonds is 6. The average Bonchev–Trinajstić information content (AvgIpc) is 3.28. The summed E-state index contributed by atoms with van der Waals surface area (Å²) in [5, 5.41) is 11.5. The van der Waals surface area contributed by atoms with Gasteiger partial charge in [0.05, 0.1) is 12.8 Å². The highest BCUT2D eigenvalue weighted by Gasteiger charge is 2.18. The number of hydrogen-bond acceptors (Lipinski definition) is 5. The molecule has 1 saturated carbocycles. The molecule has 1 N–H and O–H groups in total.